The lowest BCUT2D eigenvalue weighted by molar-refractivity contribution is -0.130. The molecule has 24 heavy (non-hydrogen) atoms. The van der Waals surface area contributed by atoms with E-state index in [1.807, 2.05) is 29.2 Å². The molecule has 1 spiro atoms. The number of amides is 1. The van der Waals surface area contributed by atoms with Gasteiger partial charge in [0.15, 0.2) is 0 Å². The summed E-state index contributed by atoms with van der Waals surface area (Å²) in [7, 11) is 0. The van der Waals surface area contributed by atoms with Crippen molar-refractivity contribution in [2.24, 2.45) is 0 Å². The first-order valence-corrected chi connectivity index (χ1v) is 8.61. The number of carbonyl (C=O) groups excluding carboxylic acids is 1. The zero-order valence-electron chi connectivity index (χ0n) is 13.7. The highest BCUT2D eigenvalue weighted by Gasteiger charge is 2.46. The van der Waals surface area contributed by atoms with E-state index in [-0.39, 0.29) is 11.5 Å². The molecule has 0 unspecified atom stereocenters. The molecule has 124 valence electrons. The van der Waals surface area contributed by atoms with Gasteiger partial charge in [-0.15, -0.1) is 0 Å². The lowest BCUT2D eigenvalue weighted by atomic mass is 9.89. The highest BCUT2D eigenvalue weighted by atomic mass is 16.5. The third-order valence-electron chi connectivity index (χ3n) is 5.21. The second-order valence-corrected chi connectivity index (χ2v) is 6.87. The Balaban J connectivity index is 1.39. The Morgan fingerprint density at radius 3 is 2.83 bits per heavy atom. The van der Waals surface area contributed by atoms with Gasteiger partial charge in [-0.3, -0.25) is 9.78 Å². The number of carbonyl (C=O) groups is 1. The van der Waals surface area contributed by atoms with Crippen LogP contribution in [0.1, 0.15) is 30.0 Å². The minimum Gasteiger partial charge on any atom is -0.372 e. The standard InChI is InChI=1S/C20H22N2O2/c23-19(12-18-8-4-5-10-21-18)22-11-9-20(15-22)13-17(14-24-20)16-6-2-1-3-7-16/h1-8,10,17H,9,11-15H2/t17-,20-/m1/s1. The highest BCUT2D eigenvalue weighted by molar-refractivity contribution is 5.78. The van der Waals surface area contributed by atoms with Crippen LogP contribution >= 0.6 is 0 Å². The quantitative estimate of drug-likeness (QED) is 0.873. The fraction of sp³-hybridized carbons (Fsp3) is 0.400. The van der Waals surface area contributed by atoms with Crippen molar-refractivity contribution in [3.05, 3.63) is 66.0 Å². The minimum absolute atomic E-state index is 0.150. The van der Waals surface area contributed by atoms with Crippen molar-refractivity contribution in [3.8, 4) is 0 Å². The van der Waals surface area contributed by atoms with Gasteiger partial charge in [-0.05, 0) is 30.5 Å². The maximum atomic E-state index is 12.5. The number of nitrogens with zero attached hydrogens (tertiary/aromatic N) is 2. The molecule has 0 N–H and O–H groups in total. The monoisotopic (exact) mass is 322 g/mol. The smallest absolute Gasteiger partial charge is 0.228 e. The van der Waals surface area contributed by atoms with Crippen molar-refractivity contribution < 1.29 is 9.53 Å². The third-order valence-corrected chi connectivity index (χ3v) is 5.21. The van der Waals surface area contributed by atoms with Gasteiger partial charge in [0.25, 0.3) is 0 Å². The second-order valence-electron chi connectivity index (χ2n) is 6.87. The number of hydrogen-bond donors (Lipinski definition) is 0. The molecule has 2 fully saturated rings. The number of ether oxygens (including phenoxy) is 1. The Bertz CT molecular complexity index is 704. The van der Waals surface area contributed by atoms with Crippen LogP contribution in [0.4, 0.5) is 0 Å². The van der Waals surface area contributed by atoms with Crippen molar-refractivity contribution >= 4 is 5.91 Å². The zero-order valence-corrected chi connectivity index (χ0v) is 13.7. The van der Waals surface area contributed by atoms with Crippen LogP contribution in [0.15, 0.2) is 54.7 Å². The van der Waals surface area contributed by atoms with E-state index in [4.69, 9.17) is 4.74 Å². The molecule has 2 atom stereocenters. The van der Waals surface area contributed by atoms with Gasteiger partial charge in [0, 0.05) is 30.9 Å². The predicted molar refractivity (Wildman–Crippen MR) is 91.6 cm³/mol. The van der Waals surface area contributed by atoms with Crippen molar-refractivity contribution in [1.29, 1.82) is 0 Å². The van der Waals surface area contributed by atoms with Crippen LogP contribution in [0, 0.1) is 0 Å². The minimum atomic E-state index is -0.152. The first kappa shape index (κ1) is 15.3. The molecule has 4 heteroatoms. The van der Waals surface area contributed by atoms with Gasteiger partial charge < -0.3 is 9.64 Å². The molecule has 1 aromatic carbocycles. The van der Waals surface area contributed by atoms with Crippen LogP contribution in [0.2, 0.25) is 0 Å². The molecule has 0 bridgehead atoms. The number of rotatable bonds is 3. The van der Waals surface area contributed by atoms with E-state index >= 15 is 0 Å². The van der Waals surface area contributed by atoms with E-state index in [1.165, 1.54) is 5.56 Å². The first-order valence-electron chi connectivity index (χ1n) is 8.61. The molecule has 3 heterocycles. The van der Waals surface area contributed by atoms with Gasteiger partial charge in [-0.1, -0.05) is 36.4 Å². The molecule has 1 aromatic heterocycles. The summed E-state index contributed by atoms with van der Waals surface area (Å²) >= 11 is 0. The molecule has 2 aliphatic rings. The maximum absolute atomic E-state index is 12.5. The molecule has 0 saturated carbocycles. The Morgan fingerprint density at radius 1 is 1.21 bits per heavy atom. The van der Waals surface area contributed by atoms with Gasteiger partial charge in [0.05, 0.1) is 18.6 Å². The highest BCUT2D eigenvalue weighted by Crippen LogP contribution is 2.42. The van der Waals surface area contributed by atoms with Gasteiger partial charge in [-0.25, -0.2) is 0 Å². The van der Waals surface area contributed by atoms with E-state index in [9.17, 15) is 4.79 Å². The van der Waals surface area contributed by atoms with Crippen LogP contribution < -0.4 is 0 Å². The van der Waals surface area contributed by atoms with E-state index in [1.54, 1.807) is 6.20 Å². The van der Waals surface area contributed by atoms with Gasteiger partial charge >= 0.3 is 0 Å². The normalized spacial score (nSPS) is 26.2. The van der Waals surface area contributed by atoms with Crippen LogP contribution in [-0.4, -0.2) is 41.1 Å². The first-order chi connectivity index (χ1) is 11.7. The largest absolute Gasteiger partial charge is 0.372 e. The lowest BCUT2D eigenvalue weighted by Crippen LogP contribution is -2.36. The molecule has 1 amide bonds. The summed E-state index contributed by atoms with van der Waals surface area (Å²) in [5.74, 6) is 0.592. The Hall–Kier alpha value is -2.20. The molecule has 2 aromatic rings. The molecule has 4 rings (SSSR count). The SMILES string of the molecule is O=C(Cc1ccccn1)N1CC[C@@]2(C[C@@H](c3ccccc3)CO2)C1. The fourth-order valence-electron chi connectivity index (χ4n) is 3.89. The molecule has 2 aliphatic heterocycles. The van der Waals surface area contributed by atoms with E-state index in [0.717, 1.165) is 31.7 Å². The number of benzene rings is 1. The van der Waals surface area contributed by atoms with Crippen molar-refractivity contribution in [2.45, 2.75) is 30.8 Å². The summed E-state index contributed by atoms with van der Waals surface area (Å²) in [6, 6.07) is 16.2. The molecule has 0 radical (unpaired) electrons. The maximum Gasteiger partial charge on any atom is 0.228 e. The van der Waals surface area contributed by atoms with Gasteiger partial charge in [-0.2, -0.15) is 0 Å². The summed E-state index contributed by atoms with van der Waals surface area (Å²) < 4.78 is 6.19. The third kappa shape index (κ3) is 3.06. The van der Waals surface area contributed by atoms with E-state index in [0.29, 0.717) is 18.9 Å². The number of hydrogen-bond acceptors (Lipinski definition) is 3. The summed E-state index contributed by atoms with van der Waals surface area (Å²) in [4.78, 5) is 18.7. The number of aromatic nitrogens is 1. The summed E-state index contributed by atoms with van der Waals surface area (Å²) in [6.45, 7) is 2.25. The number of pyridine rings is 1. The Labute approximate surface area is 142 Å². The molecule has 4 nitrogen and oxygen atoms in total. The van der Waals surface area contributed by atoms with Crippen LogP contribution in [0.5, 0.6) is 0 Å². The van der Waals surface area contributed by atoms with Crippen LogP contribution in [0.3, 0.4) is 0 Å². The predicted octanol–water partition coefficient (Wildman–Crippen LogP) is 2.80. The summed E-state index contributed by atoms with van der Waals surface area (Å²) in [6.07, 6.45) is 4.05. The van der Waals surface area contributed by atoms with E-state index in [2.05, 4.69) is 29.2 Å². The van der Waals surface area contributed by atoms with Gasteiger partial charge in [0.2, 0.25) is 5.91 Å². The average Bonchev–Trinajstić information content (AvgIpc) is 3.24. The van der Waals surface area contributed by atoms with Crippen LogP contribution in [-0.2, 0) is 16.0 Å². The Kier molecular flexibility index (Phi) is 4.07. The molecular formula is C20H22N2O2. The van der Waals surface area contributed by atoms with Crippen LogP contribution in [0.25, 0.3) is 0 Å². The number of likely N-dealkylation sites (tertiary alicyclic amines) is 1. The molecule has 2 saturated heterocycles. The second kappa shape index (κ2) is 6.36. The van der Waals surface area contributed by atoms with Crippen molar-refractivity contribution in [2.75, 3.05) is 19.7 Å². The summed E-state index contributed by atoms with van der Waals surface area (Å²) in [5, 5.41) is 0. The average molecular weight is 322 g/mol. The van der Waals surface area contributed by atoms with Crippen molar-refractivity contribution in [3.63, 3.8) is 0 Å². The Morgan fingerprint density at radius 2 is 2.04 bits per heavy atom. The fourth-order valence-corrected chi connectivity index (χ4v) is 3.89. The lowest BCUT2D eigenvalue weighted by Gasteiger charge is -2.23. The summed E-state index contributed by atoms with van der Waals surface area (Å²) in [5.41, 5.74) is 2.02. The van der Waals surface area contributed by atoms with Crippen molar-refractivity contribution in [1.82, 2.24) is 9.88 Å². The van der Waals surface area contributed by atoms with Gasteiger partial charge in [0.1, 0.15) is 0 Å². The molecular weight excluding hydrogens is 300 g/mol. The zero-order chi connectivity index (χ0) is 16.4. The molecule has 0 aliphatic carbocycles. The topological polar surface area (TPSA) is 42.4 Å². The van der Waals surface area contributed by atoms with E-state index < -0.39 is 0 Å².